The lowest BCUT2D eigenvalue weighted by molar-refractivity contribution is -0.142. The number of rotatable bonds is 5. The quantitative estimate of drug-likeness (QED) is 0.590. The van der Waals surface area contributed by atoms with E-state index in [1.807, 2.05) is 0 Å². The van der Waals surface area contributed by atoms with Gasteiger partial charge in [0.1, 0.15) is 12.1 Å². The topological polar surface area (TPSA) is 95.5 Å². The van der Waals surface area contributed by atoms with E-state index in [1.54, 1.807) is 0 Å². The van der Waals surface area contributed by atoms with E-state index in [4.69, 9.17) is 5.11 Å². The summed E-state index contributed by atoms with van der Waals surface area (Å²) in [6.45, 7) is 2.82. The van der Waals surface area contributed by atoms with E-state index >= 15 is 0 Å². The van der Waals surface area contributed by atoms with Crippen LogP contribution in [-0.4, -0.2) is 35.0 Å². The Labute approximate surface area is 93.4 Å². The first-order valence-electron chi connectivity index (χ1n) is 5.22. The SMILES string of the molecule is CC(=O)NC(C)C(=O)NC(C(=O)O)C1CC1. The first-order chi connectivity index (χ1) is 7.41. The van der Waals surface area contributed by atoms with Crippen LogP contribution in [0.3, 0.4) is 0 Å². The fraction of sp³-hybridized carbons (Fsp3) is 0.700. The van der Waals surface area contributed by atoms with E-state index in [0.717, 1.165) is 12.8 Å². The van der Waals surface area contributed by atoms with Gasteiger partial charge in [0.25, 0.3) is 0 Å². The van der Waals surface area contributed by atoms with Gasteiger partial charge in [0.15, 0.2) is 0 Å². The molecule has 1 aliphatic carbocycles. The maximum absolute atomic E-state index is 11.5. The Hall–Kier alpha value is -1.59. The summed E-state index contributed by atoms with van der Waals surface area (Å²) in [4.78, 5) is 33.1. The molecule has 6 heteroatoms. The van der Waals surface area contributed by atoms with Crippen LogP contribution in [0.15, 0.2) is 0 Å². The summed E-state index contributed by atoms with van der Waals surface area (Å²) in [5.41, 5.74) is 0. The third-order valence-corrected chi connectivity index (χ3v) is 2.47. The van der Waals surface area contributed by atoms with E-state index in [1.165, 1.54) is 13.8 Å². The van der Waals surface area contributed by atoms with Gasteiger partial charge in [-0.25, -0.2) is 4.79 Å². The summed E-state index contributed by atoms with van der Waals surface area (Å²) in [6, 6.07) is -1.54. The molecular weight excluding hydrogens is 212 g/mol. The van der Waals surface area contributed by atoms with Crippen molar-refractivity contribution in [2.45, 2.75) is 38.8 Å². The minimum Gasteiger partial charge on any atom is -0.480 e. The van der Waals surface area contributed by atoms with E-state index in [-0.39, 0.29) is 11.8 Å². The third-order valence-electron chi connectivity index (χ3n) is 2.47. The number of nitrogens with one attached hydrogen (secondary N) is 2. The predicted octanol–water partition coefficient (Wildman–Crippen LogP) is -0.510. The van der Waals surface area contributed by atoms with Crippen LogP contribution in [0.25, 0.3) is 0 Å². The molecule has 1 rings (SSSR count). The molecule has 0 bridgehead atoms. The highest BCUT2D eigenvalue weighted by molar-refractivity contribution is 5.89. The van der Waals surface area contributed by atoms with E-state index < -0.39 is 24.0 Å². The van der Waals surface area contributed by atoms with E-state index in [9.17, 15) is 14.4 Å². The van der Waals surface area contributed by atoms with Crippen LogP contribution >= 0.6 is 0 Å². The first-order valence-corrected chi connectivity index (χ1v) is 5.22. The Kier molecular flexibility index (Phi) is 3.87. The number of aliphatic carboxylic acids is 1. The molecular formula is C10H16N2O4. The number of carbonyl (C=O) groups is 3. The predicted molar refractivity (Wildman–Crippen MR) is 55.6 cm³/mol. The number of hydrogen-bond acceptors (Lipinski definition) is 3. The van der Waals surface area contributed by atoms with Gasteiger partial charge in [0.05, 0.1) is 0 Å². The Morgan fingerprint density at radius 3 is 2.19 bits per heavy atom. The Balaban J connectivity index is 2.47. The Bertz CT molecular complexity index is 312. The van der Waals surface area contributed by atoms with Crippen LogP contribution < -0.4 is 10.6 Å². The van der Waals surface area contributed by atoms with Gasteiger partial charge in [-0.15, -0.1) is 0 Å². The second-order valence-corrected chi connectivity index (χ2v) is 4.08. The highest BCUT2D eigenvalue weighted by Gasteiger charge is 2.37. The van der Waals surface area contributed by atoms with Gasteiger partial charge in [0, 0.05) is 6.92 Å². The van der Waals surface area contributed by atoms with Crippen LogP contribution in [0.5, 0.6) is 0 Å². The average molecular weight is 228 g/mol. The Morgan fingerprint density at radius 2 is 1.81 bits per heavy atom. The zero-order valence-electron chi connectivity index (χ0n) is 9.32. The van der Waals surface area contributed by atoms with Gasteiger partial charge in [0.2, 0.25) is 11.8 Å². The van der Waals surface area contributed by atoms with E-state index in [0.29, 0.717) is 0 Å². The van der Waals surface area contributed by atoms with Crippen molar-refractivity contribution in [1.82, 2.24) is 10.6 Å². The molecule has 0 aromatic heterocycles. The summed E-state index contributed by atoms with van der Waals surface area (Å²) in [6.07, 6.45) is 1.65. The lowest BCUT2D eigenvalue weighted by atomic mass is 10.1. The van der Waals surface area contributed by atoms with E-state index in [2.05, 4.69) is 10.6 Å². The van der Waals surface area contributed by atoms with Gasteiger partial charge in [-0.3, -0.25) is 9.59 Å². The lowest BCUT2D eigenvalue weighted by Gasteiger charge is -2.17. The molecule has 6 nitrogen and oxygen atoms in total. The summed E-state index contributed by atoms with van der Waals surface area (Å²) in [7, 11) is 0. The minimum absolute atomic E-state index is 0.0333. The molecule has 0 saturated heterocycles. The molecule has 0 heterocycles. The zero-order chi connectivity index (χ0) is 12.3. The van der Waals surface area contributed by atoms with Crippen molar-refractivity contribution in [3.63, 3.8) is 0 Å². The number of carbonyl (C=O) groups excluding carboxylic acids is 2. The maximum Gasteiger partial charge on any atom is 0.326 e. The van der Waals surface area contributed by atoms with Crippen molar-refractivity contribution >= 4 is 17.8 Å². The molecule has 1 saturated carbocycles. The van der Waals surface area contributed by atoms with Crippen molar-refractivity contribution in [3.05, 3.63) is 0 Å². The molecule has 1 fully saturated rings. The van der Waals surface area contributed by atoms with Crippen molar-refractivity contribution < 1.29 is 19.5 Å². The largest absolute Gasteiger partial charge is 0.480 e. The van der Waals surface area contributed by atoms with Crippen molar-refractivity contribution in [3.8, 4) is 0 Å². The number of carboxylic acid groups (broad SMARTS) is 1. The molecule has 0 radical (unpaired) electrons. The monoisotopic (exact) mass is 228 g/mol. The standard InChI is InChI=1S/C10H16N2O4/c1-5(11-6(2)13)9(14)12-8(10(15)16)7-3-4-7/h5,7-8H,3-4H2,1-2H3,(H,11,13)(H,12,14)(H,15,16). The third kappa shape index (κ3) is 3.52. The highest BCUT2D eigenvalue weighted by atomic mass is 16.4. The van der Waals surface area contributed by atoms with Crippen LogP contribution in [0, 0.1) is 5.92 Å². The second kappa shape index (κ2) is 4.96. The summed E-state index contributed by atoms with van der Waals surface area (Å²) < 4.78 is 0. The molecule has 90 valence electrons. The van der Waals surface area contributed by atoms with Gasteiger partial charge in [-0.1, -0.05) is 0 Å². The van der Waals surface area contributed by atoms with Crippen LogP contribution in [0.1, 0.15) is 26.7 Å². The Morgan fingerprint density at radius 1 is 1.25 bits per heavy atom. The fourth-order valence-electron chi connectivity index (χ4n) is 1.46. The van der Waals surface area contributed by atoms with Gasteiger partial charge >= 0.3 is 5.97 Å². The van der Waals surface area contributed by atoms with Crippen LogP contribution in [0.4, 0.5) is 0 Å². The van der Waals surface area contributed by atoms with Gasteiger partial charge < -0.3 is 15.7 Å². The summed E-state index contributed by atoms with van der Waals surface area (Å²) >= 11 is 0. The summed E-state index contributed by atoms with van der Waals surface area (Å²) in [5.74, 6) is -1.77. The smallest absolute Gasteiger partial charge is 0.326 e. The molecule has 0 spiro atoms. The fourth-order valence-corrected chi connectivity index (χ4v) is 1.46. The molecule has 0 aliphatic heterocycles. The molecule has 2 amide bonds. The zero-order valence-corrected chi connectivity index (χ0v) is 9.32. The average Bonchev–Trinajstić information content (AvgIpc) is 2.95. The van der Waals surface area contributed by atoms with Gasteiger partial charge in [-0.2, -0.15) is 0 Å². The van der Waals surface area contributed by atoms with Crippen molar-refractivity contribution in [2.75, 3.05) is 0 Å². The molecule has 3 N–H and O–H groups in total. The van der Waals surface area contributed by atoms with Crippen LogP contribution in [-0.2, 0) is 14.4 Å². The highest BCUT2D eigenvalue weighted by Crippen LogP contribution is 2.32. The number of amides is 2. The van der Waals surface area contributed by atoms with Crippen LogP contribution in [0.2, 0.25) is 0 Å². The van der Waals surface area contributed by atoms with Crippen molar-refractivity contribution in [2.24, 2.45) is 5.92 Å². The number of carboxylic acids is 1. The molecule has 16 heavy (non-hydrogen) atoms. The molecule has 0 aromatic carbocycles. The summed E-state index contributed by atoms with van der Waals surface area (Å²) in [5, 5.41) is 13.7. The first kappa shape index (κ1) is 12.5. The minimum atomic E-state index is -1.02. The molecule has 2 unspecified atom stereocenters. The maximum atomic E-state index is 11.5. The molecule has 2 atom stereocenters. The number of hydrogen-bond donors (Lipinski definition) is 3. The normalized spacial score (nSPS) is 18.4. The van der Waals surface area contributed by atoms with Crippen molar-refractivity contribution in [1.29, 1.82) is 0 Å². The molecule has 0 aromatic rings. The van der Waals surface area contributed by atoms with Gasteiger partial charge in [-0.05, 0) is 25.7 Å². The second-order valence-electron chi connectivity index (χ2n) is 4.08. The molecule has 1 aliphatic rings. The lowest BCUT2D eigenvalue weighted by Crippen LogP contribution is -2.50.